The van der Waals surface area contributed by atoms with Crippen molar-refractivity contribution in [3.63, 3.8) is 0 Å². The molecule has 3 fully saturated rings. The Morgan fingerprint density at radius 3 is 2.63 bits per heavy atom. The minimum absolute atomic E-state index is 0.0721. The highest BCUT2D eigenvalue weighted by atomic mass is 16.5. The number of fused-ring (bicyclic) bond motifs is 5. The van der Waals surface area contributed by atoms with Gasteiger partial charge in [0.1, 0.15) is 6.10 Å². The SMILES string of the molecule is C/C=C1\CC[C@H]2[C@@H]3CC[C@@H]4C[C@H](OC(=O)c5ccccc5)CC[C@]4(C)C3=CC[C@]12C. The molecule has 4 aliphatic carbocycles. The lowest BCUT2D eigenvalue weighted by Gasteiger charge is -2.56. The lowest BCUT2D eigenvalue weighted by Crippen LogP contribution is -2.48. The van der Waals surface area contributed by atoms with Crippen LogP contribution in [0.4, 0.5) is 0 Å². The van der Waals surface area contributed by atoms with Gasteiger partial charge < -0.3 is 4.74 Å². The zero-order chi connectivity index (χ0) is 20.9. The summed E-state index contributed by atoms with van der Waals surface area (Å²) >= 11 is 0. The Hall–Kier alpha value is -1.83. The Morgan fingerprint density at radius 1 is 1.07 bits per heavy atom. The van der Waals surface area contributed by atoms with E-state index in [1.54, 1.807) is 11.1 Å². The molecule has 0 spiro atoms. The van der Waals surface area contributed by atoms with Crippen LogP contribution in [-0.2, 0) is 4.74 Å². The molecule has 0 heterocycles. The normalized spacial score (nSPS) is 41.4. The van der Waals surface area contributed by atoms with E-state index in [1.165, 1.54) is 32.1 Å². The number of benzene rings is 1. The molecular formula is C28H36O2. The van der Waals surface area contributed by atoms with Crippen molar-refractivity contribution in [3.05, 3.63) is 59.2 Å². The second-order valence-corrected chi connectivity index (χ2v) is 10.7. The van der Waals surface area contributed by atoms with E-state index in [4.69, 9.17) is 4.74 Å². The lowest BCUT2D eigenvalue weighted by molar-refractivity contribution is -0.0259. The number of carbonyl (C=O) groups excluding carboxylic acids is 1. The maximum absolute atomic E-state index is 12.6. The number of hydrogen-bond acceptors (Lipinski definition) is 2. The monoisotopic (exact) mass is 404 g/mol. The van der Waals surface area contributed by atoms with E-state index < -0.39 is 0 Å². The predicted molar refractivity (Wildman–Crippen MR) is 121 cm³/mol. The molecule has 0 unspecified atom stereocenters. The number of rotatable bonds is 2. The molecule has 1 aromatic carbocycles. The quantitative estimate of drug-likeness (QED) is 0.387. The van der Waals surface area contributed by atoms with Gasteiger partial charge in [-0.25, -0.2) is 4.79 Å². The fourth-order valence-electron chi connectivity index (χ4n) is 7.72. The molecule has 0 aliphatic heterocycles. The van der Waals surface area contributed by atoms with Crippen LogP contribution in [0.25, 0.3) is 0 Å². The third-order valence-electron chi connectivity index (χ3n) is 9.46. The summed E-state index contributed by atoms with van der Waals surface area (Å²) < 4.78 is 5.96. The first kappa shape index (κ1) is 20.1. The van der Waals surface area contributed by atoms with Gasteiger partial charge in [0, 0.05) is 0 Å². The molecule has 3 saturated carbocycles. The van der Waals surface area contributed by atoms with E-state index in [9.17, 15) is 4.79 Å². The van der Waals surface area contributed by atoms with Crippen LogP contribution < -0.4 is 0 Å². The molecule has 1 aromatic rings. The van der Waals surface area contributed by atoms with Gasteiger partial charge in [0.25, 0.3) is 0 Å². The van der Waals surface area contributed by atoms with E-state index in [2.05, 4.69) is 32.9 Å². The topological polar surface area (TPSA) is 26.3 Å². The minimum atomic E-state index is -0.157. The summed E-state index contributed by atoms with van der Waals surface area (Å²) in [4.78, 5) is 12.6. The van der Waals surface area contributed by atoms with E-state index >= 15 is 0 Å². The Kier molecular flexibility index (Phi) is 4.95. The van der Waals surface area contributed by atoms with E-state index in [0.29, 0.717) is 22.3 Å². The molecule has 4 aliphatic rings. The molecule has 0 amide bonds. The molecular weight excluding hydrogens is 368 g/mol. The number of ether oxygens (including phenoxy) is 1. The van der Waals surface area contributed by atoms with Gasteiger partial charge in [-0.2, -0.15) is 0 Å². The molecule has 6 atom stereocenters. The van der Waals surface area contributed by atoms with Crippen molar-refractivity contribution in [2.24, 2.45) is 28.6 Å². The summed E-state index contributed by atoms with van der Waals surface area (Å²) in [7, 11) is 0. The Bertz CT molecular complexity index is 881. The second kappa shape index (κ2) is 7.39. The smallest absolute Gasteiger partial charge is 0.338 e. The zero-order valence-electron chi connectivity index (χ0n) is 18.8. The van der Waals surface area contributed by atoms with Gasteiger partial charge in [0.05, 0.1) is 5.56 Å². The van der Waals surface area contributed by atoms with Crippen molar-refractivity contribution in [2.45, 2.75) is 78.2 Å². The van der Waals surface area contributed by atoms with Gasteiger partial charge in [0.15, 0.2) is 0 Å². The third-order valence-corrected chi connectivity index (χ3v) is 9.46. The van der Waals surface area contributed by atoms with Gasteiger partial charge >= 0.3 is 5.97 Å². The first-order valence-electron chi connectivity index (χ1n) is 12.1. The summed E-state index contributed by atoms with van der Waals surface area (Å²) in [6, 6.07) is 9.45. The summed E-state index contributed by atoms with van der Waals surface area (Å²) in [6.45, 7) is 7.29. The molecule has 5 rings (SSSR count). The maximum atomic E-state index is 12.6. The molecule has 160 valence electrons. The molecule has 0 N–H and O–H groups in total. The number of carbonyl (C=O) groups is 1. The summed E-state index contributed by atoms with van der Waals surface area (Å²) in [5.74, 6) is 2.09. The molecule has 2 heteroatoms. The molecule has 0 saturated heterocycles. The van der Waals surface area contributed by atoms with Crippen molar-refractivity contribution in [1.82, 2.24) is 0 Å². The van der Waals surface area contributed by atoms with Crippen LogP contribution >= 0.6 is 0 Å². The number of hydrogen-bond donors (Lipinski definition) is 0. The van der Waals surface area contributed by atoms with E-state index in [-0.39, 0.29) is 12.1 Å². The number of esters is 1. The number of allylic oxidation sites excluding steroid dienone is 4. The first-order valence-corrected chi connectivity index (χ1v) is 12.1. The highest BCUT2D eigenvalue weighted by Gasteiger charge is 2.55. The zero-order valence-corrected chi connectivity index (χ0v) is 18.8. The third kappa shape index (κ3) is 3.01. The van der Waals surface area contributed by atoms with Gasteiger partial charge in [0.2, 0.25) is 0 Å². The van der Waals surface area contributed by atoms with Gasteiger partial charge in [-0.3, -0.25) is 0 Å². The average molecular weight is 405 g/mol. The van der Waals surface area contributed by atoms with E-state index in [1.807, 2.05) is 30.3 Å². The van der Waals surface area contributed by atoms with Crippen LogP contribution in [0.15, 0.2) is 53.6 Å². The summed E-state index contributed by atoms with van der Waals surface area (Å²) in [5, 5.41) is 0. The van der Waals surface area contributed by atoms with Crippen molar-refractivity contribution < 1.29 is 9.53 Å². The standard InChI is InChI=1S/C28H36O2/c1-4-20-11-13-24-23-12-10-21-18-22(30-26(29)19-8-6-5-7-9-19)14-16-28(21,3)25(23)15-17-27(20,24)2/h4-9,15,21-24H,10-14,16-18H2,1-3H3/b20-4+/t21-,22-,23+,24+,27-,28+/m1/s1. The fourth-order valence-corrected chi connectivity index (χ4v) is 7.72. The van der Waals surface area contributed by atoms with Gasteiger partial charge in [-0.05, 0) is 99.0 Å². The van der Waals surface area contributed by atoms with Crippen molar-refractivity contribution in [3.8, 4) is 0 Å². The fraction of sp³-hybridized carbons (Fsp3) is 0.607. The molecule has 0 aromatic heterocycles. The molecule has 30 heavy (non-hydrogen) atoms. The summed E-state index contributed by atoms with van der Waals surface area (Å²) in [5.41, 5.74) is 4.84. The second-order valence-electron chi connectivity index (χ2n) is 10.7. The molecule has 0 bridgehead atoms. The summed E-state index contributed by atoms with van der Waals surface area (Å²) in [6.07, 6.45) is 14.8. The lowest BCUT2D eigenvalue weighted by atomic mass is 9.49. The van der Waals surface area contributed by atoms with Crippen molar-refractivity contribution in [2.75, 3.05) is 0 Å². The van der Waals surface area contributed by atoms with E-state index in [0.717, 1.165) is 31.1 Å². The average Bonchev–Trinajstić information content (AvgIpc) is 3.11. The van der Waals surface area contributed by atoms with Gasteiger partial charge in [-0.1, -0.05) is 55.3 Å². The predicted octanol–water partition coefficient (Wildman–Crippen LogP) is 7.12. The van der Waals surface area contributed by atoms with Crippen LogP contribution in [0, 0.1) is 28.6 Å². The largest absolute Gasteiger partial charge is 0.459 e. The maximum Gasteiger partial charge on any atom is 0.338 e. The first-order chi connectivity index (χ1) is 14.5. The van der Waals surface area contributed by atoms with Crippen molar-refractivity contribution in [1.29, 1.82) is 0 Å². The molecule has 0 radical (unpaired) electrons. The van der Waals surface area contributed by atoms with Crippen LogP contribution in [-0.4, -0.2) is 12.1 Å². The van der Waals surface area contributed by atoms with Crippen LogP contribution in [0.5, 0.6) is 0 Å². The Balaban J connectivity index is 1.33. The highest BCUT2D eigenvalue weighted by molar-refractivity contribution is 5.89. The highest BCUT2D eigenvalue weighted by Crippen LogP contribution is 2.65. The molecule has 2 nitrogen and oxygen atoms in total. The van der Waals surface area contributed by atoms with Crippen LogP contribution in [0.2, 0.25) is 0 Å². The Morgan fingerprint density at radius 2 is 1.87 bits per heavy atom. The van der Waals surface area contributed by atoms with Crippen LogP contribution in [0.3, 0.4) is 0 Å². The Labute approximate surface area is 181 Å². The van der Waals surface area contributed by atoms with Gasteiger partial charge in [-0.15, -0.1) is 0 Å². The minimum Gasteiger partial charge on any atom is -0.459 e. The van der Waals surface area contributed by atoms with Crippen molar-refractivity contribution >= 4 is 5.97 Å². The van der Waals surface area contributed by atoms with Crippen LogP contribution in [0.1, 0.15) is 82.5 Å².